The molecule has 0 saturated carbocycles. The van der Waals surface area contributed by atoms with Gasteiger partial charge in [0.1, 0.15) is 0 Å². The normalized spacial score (nSPS) is 11.5. The smallest absolute Gasteiger partial charge is 0.0194 e. The molecule has 0 aromatic rings. The van der Waals surface area contributed by atoms with Crippen molar-refractivity contribution in [2.75, 3.05) is 6.54 Å². The van der Waals surface area contributed by atoms with Crippen LogP contribution in [0.3, 0.4) is 0 Å². The van der Waals surface area contributed by atoms with Crippen LogP contribution in [0.1, 0.15) is 6.92 Å². The maximum atomic E-state index is 5.28. The van der Waals surface area contributed by atoms with Crippen molar-refractivity contribution >= 4 is 0 Å². The molecule has 0 aromatic heterocycles. The zero-order chi connectivity index (χ0) is 6.57. The van der Waals surface area contributed by atoms with Crippen molar-refractivity contribution in [1.29, 1.82) is 0 Å². The van der Waals surface area contributed by atoms with E-state index < -0.39 is 0 Å². The van der Waals surface area contributed by atoms with E-state index in [0.29, 0.717) is 6.54 Å². The van der Waals surface area contributed by atoms with Gasteiger partial charge < -0.3 is 11.5 Å². The van der Waals surface area contributed by atoms with Gasteiger partial charge >= 0.3 is 0 Å². The van der Waals surface area contributed by atoms with Crippen LogP contribution in [0, 0.1) is 0 Å². The molecule has 0 aromatic carbocycles. The fraction of sp³-hybridized carbons (Fsp3) is 0.333. The van der Waals surface area contributed by atoms with Gasteiger partial charge in [0, 0.05) is 6.54 Å². The summed E-state index contributed by atoms with van der Waals surface area (Å²) in [4.78, 5) is 0. The first kappa shape index (κ1) is 7.24. The van der Waals surface area contributed by atoms with Crippen molar-refractivity contribution < 1.29 is 0 Å². The zero-order valence-corrected chi connectivity index (χ0v) is 5.15. The van der Waals surface area contributed by atoms with Crippen LogP contribution < -0.4 is 11.5 Å². The third-order valence-electron chi connectivity index (χ3n) is 0.969. The second-order valence-electron chi connectivity index (χ2n) is 1.68. The van der Waals surface area contributed by atoms with Crippen LogP contribution in [0.25, 0.3) is 0 Å². The van der Waals surface area contributed by atoms with Gasteiger partial charge in [-0.25, -0.2) is 0 Å². The molecule has 0 aliphatic rings. The molecule has 2 nitrogen and oxygen atoms in total. The highest BCUT2D eigenvalue weighted by atomic mass is 14.6. The molecule has 0 bridgehead atoms. The van der Waals surface area contributed by atoms with Gasteiger partial charge in [0.2, 0.25) is 0 Å². The van der Waals surface area contributed by atoms with Gasteiger partial charge in [0.15, 0.2) is 0 Å². The maximum Gasteiger partial charge on any atom is 0.0194 e. The molecule has 0 rings (SSSR count). The Morgan fingerprint density at radius 1 is 1.75 bits per heavy atom. The maximum absolute atomic E-state index is 5.28. The molecule has 0 spiro atoms. The lowest BCUT2D eigenvalue weighted by molar-refractivity contribution is 1.13. The third-order valence-corrected chi connectivity index (χ3v) is 0.969. The highest BCUT2D eigenvalue weighted by Gasteiger charge is 1.89. The Morgan fingerprint density at radius 3 is 2.25 bits per heavy atom. The summed E-state index contributed by atoms with van der Waals surface area (Å²) in [6.07, 6.45) is 1.49. The predicted molar refractivity (Wildman–Crippen MR) is 36.1 cm³/mol. The van der Waals surface area contributed by atoms with Crippen LogP contribution in [-0.2, 0) is 0 Å². The molecule has 0 radical (unpaired) electrons. The second kappa shape index (κ2) is 3.27. The van der Waals surface area contributed by atoms with Crippen LogP contribution >= 0.6 is 0 Å². The Hall–Kier alpha value is -0.760. The molecule has 0 fully saturated rings. The first-order chi connectivity index (χ1) is 3.72. The average molecular weight is 112 g/mol. The van der Waals surface area contributed by atoms with E-state index in [1.54, 1.807) is 0 Å². The number of rotatable bonds is 2. The molecule has 0 aliphatic heterocycles. The van der Waals surface area contributed by atoms with E-state index in [4.69, 9.17) is 11.5 Å². The fourth-order valence-corrected chi connectivity index (χ4v) is 0.385. The molecular weight excluding hydrogens is 100 g/mol. The quantitative estimate of drug-likeness (QED) is 0.507. The molecule has 4 N–H and O–H groups in total. The molecule has 46 valence electrons. The predicted octanol–water partition coefficient (Wildman–Crippen LogP) is 0.364. The van der Waals surface area contributed by atoms with Crippen molar-refractivity contribution in [1.82, 2.24) is 0 Å². The van der Waals surface area contributed by atoms with Gasteiger partial charge in [-0.3, -0.25) is 0 Å². The van der Waals surface area contributed by atoms with Gasteiger partial charge in [-0.05, 0) is 18.7 Å². The Labute approximate surface area is 49.9 Å². The van der Waals surface area contributed by atoms with Crippen molar-refractivity contribution in [3.63, 3.8) is 0 Å². The van der Waals surface area contributed by atoms with Crippen molar-refractivity contribution in [3.8, 4) is 0 Å². The summed E-state index contributed by atoms with van der Waals surface area (Å²) in [6.45, 7) is 6.03. The molecule has 2 heteroatoms. The summed E-state index contributed by atoms with van der Waals surface area (Å²) in [5.41, 5.74) is 12.3. The number of hydrogen-bond acceptors (Lipinski definition) is 2. The van der Waals surface area contributed by atoms with E-state index in [1.807, 2.05) is 6.92 Å². The Bertz CT molecular complexity index is 114. The molecule has 8 heavy (non-hydrogen) atoms. The fourth-order valence-electron chi connectivity index (χ4n) is 0.385. The van der Waals surface area contributed by atoms with Crippen LogP contribution in [0.15, 0.2) is 23.9 Å². The standard InChI is InChI=1S/C6H12N2/c1-5(2)6(3-7)4-8/h3H,1,4,7-8H2,2H3/b6-3-. The van der Waals surface area contributed by atoms with Crippen molar-refractivity contribution in [3.05, 3.63) is 23.9 Å². The first-order valence-electron chi connectivity index (χ1n) is 2.49. The largest absolute Gasteiger partial charge is 0.404 e. The molecular formula is C6H12N2. The summed E-state index contributed by atoms with van der Waals surface area (Å²) >= 11 is 0. The van der Waals surface area contributed by atoms with E-state index >= 15 is 0 Å². The summed E-state index contributed by atoms with van der Waals surface area (Å²) in [5.74, 6) is 0. The lowest BCUT2D eigenvalue weighted by atomic mass is 10.1. The topological polar surface area (TPSA) is 52.0 Å². The van der Waals surface area contributed by atoms with E-state index in [2.05, 4.69) is 6.58 Å². The van der Waals surface area contributed by atoms with E-state index in [9.17, 15) is 0 Å². The highest BCUT2D eigenvalue weighted by Crippen LogP contribution is 2.00. The second-order valence-corrected chi connectivity index (χ2v) is 1.68. The lowest BCUT2D eigenvalue weighted by Gasteiger charge is -1.98. The lowest BCUT2D eigenvalue weighted by Crippen LogP contribution is -2.05. The molecule has 0 aliphatic carbocycles. The summed E-state index contributed by atoms with van der Waals surface area (Å²) in [7, 11) is 0. The van der Waals surface area contributed by atoms with Crippen molar-refractivity contribution in [2.24, 2.45) is 11.5 Å². The van der Waals surface area contributed by atoms with Gasteiger partial charge in [-0.2, -0.15) is 0 Å². The summed E-state index contributed by atoms with van der Waals surface area (Å²) in [6, 6.07) is 0. The van der Waals surface area contributed by atoms with Gasteiger partial charge in [0.25, 0.3) is 0 Å². The minimum Gasteiger partial charge on any atom is -0.404 e. The minimum absolute atomic E-state index is 0.478. The Balaban J connectivity index is 3.92. The van der Waals surface area contributed by atoms with Crippen LogP contribution in [0.4, 0.5) is 0 Å². The molecule has 0 unspecified atom stereocenters. The minimum atomic E-state index is 0.478. The monoisotopic (exact) mass is 112 g/mol. The average Bonchev–Trinajstić information content (AvgIpc) is 1.69. The van der Waals surface area contributed by atoms with E-state index in [0.717, 1.165) is 11.1 Å². The van der Waals surface area contributed by atoms with E-state index in [1.165, 1.54) is 6.20 Å². The molecule has 0 atom stereocenters. The molecule has 0 saturated heterocycles. The van der Waals surface area contributed by atoms with Gasteiger partial charge in [-0.1, -0.05) is 12.2 Å². The Kier molecular flexibility index (Phi) is 2.96. The number of hydrogen-bond donors (Lipinski definition) is 2. The summed E-state index contributed by atoms with van der Waals surface area (Å²) < 4.78 is 0. The van der Waals surface area contributed by atoms with Gasteiger partial charge in [-0.15, -0.1) is 0 Å². The number of nitrogens with two attached hydrogens (primary N) is 2. The first-order valence-corrected chi connectivity index (χ1v) is 2.49. The van der Waals surface area contributed by atoms with Crippen molar-refractivity contribution in [2.45, 2.75) is 6.92 Å². The van der Waals surface area contributed by atoms with Crippen LogP contribution in [0.5, 0.6) is 0 Å². The third kappa shape index (κ3) is 1.80. The SMILES string of the molecule is C=C(C)/C(=C\N)CN. The molecule has 0 amide bonds. The van der Waals surface area contributed by atoms with E-state index in [-0.39, 0.29) is 0 Å². The van der Waals surface area contributed by atoms with Crippen LogP contribution in [0.2, 0.25) is 0 Å². The van der Waals surface area contributed by atoms with Gasteiger partial charge in [0.05, 0.1) is 0 Å². The zero-order valence-electron chi connectivity index (χ0n) is 5.15. The Morgan fingerprint density at radius 2 is 2.25 bits per heavy atom. The van der Waals surface area contributed by atoms with Crippen LogP contribution in [-0.4, -0.2) is 6.54 Å². The molecule has 0 heterocycles. The highest BCUT2D eigenvalue weighted by molar-refractivity contribution is 5.25. The summed E-state index contributed by atoms with van der Waals surface area (Å²) in [5, 5.41) is 0.